The van der Waals surface area contributed by atoms with E-state index in [1.807, 2.05) is 36.4 Å². The Labute approximate surface area is 254 Å². The Morgan fingerprint density at radius 1 is 0.814 bits per heavy atom. The number of fused-ring (bicyclic) bond motifs is 1. The smallest absolute Gasteiger partial charge is 0.123 e. The fourth-order valence-electron chi connectivity index (χ4n) is 6.78. The number of benzene rings is 4. The van der Waals surface area contributed by atoms with Crippen LogP contribution in [0.4, 0.5) is 20.2 Å². The number of nitrogens with zero attached hydrogens (tertiary/aromatic N) is 2. The molecule has 4 aromatic rings. The average Bonchev–Trinajstić information content (AvgIpc) is 3.38. The third kappa shape index (κ3) is 7.19. The maximum atomic E-state index is 13.6. The summed E-state index contributed by atoms with van der Waals surface area (Å²) >= 11 is 0. The van der Waals surface area contributed by atoms with Gasteiger partial charge in [0.25, 0.3) is 0 Å². The van der Waals surface area contributed by atoms with Gasteiger partial charge in [-0.15, -0.1) is 0 Å². The third-order valence-electron chi connectivity index (χ3n) is 9.20. The van der Waals surface area contributed by atoms with Crippen LogP contribution in [0.15, 0.2) is 97.1 Å². The number of para-hydroxylation sites is 2. The zero-order valence-electron chi connectivity index (χ0n) is 24.9. The van der Waals surface area contributed by atoms with Gasteiger partial charge in [-0.05, 0) is 123 Å². The molecule has 0 bridgehead atoms. The van der Waals surface area contributed by atoms with Gasteiger partial charge in [0, 0.05) is 12.5 Å². The van der Waals surface area contributed by atoms with Gasteiger partial charge >= 0.3 is 0 Å². The summed E-state index contributed by atoms with van der Waals surface area (Å²) in [6.45, 7) is 4.13. The van der Waals surface area contributed by atoms with Gasteiger partial charge in [0.05, 0.1) is 24.7 Å². The van der Waals surface area contributed by atoms with Crippen molar-refractivity contribution in [3.8, 4) is 5.75 Å². The molecule has 4 nitrogen and oxygen atoms in total. The largest absolute Gasteiger partial charge is 0.497 e. The molecule has 224 valence electrons. The second kappa shape index (κ2) is 13.6. The highest BCUT2D eigenvalue weighted by molar-refractivity contribution is 5.76. The van der Waals surface area contributed by atoms with Crippen LogP contribution in [0.2, 0.25) is 0 Å². The van der Waals surface area contributed by atoms with Crippen LogP contribution in [0.3, 0.4) is 0 Å². The number of nitrogens with one attached hydrogen (secondary N) is 1. The summed E-state index contributed by atoms with van der Waals surface area (Å²) in [7, 11) is 1.70. The molecule has 6 rings (SSSR count). The van der Waals surface area contributed by atoms with E-state index < -0.39 is 0 Å². The summed E-state index contributed by atoms with van der Waals surface area (Å²) in [5.74, 6) is 1.22. The lowest BCUT2D eigenvalue weighted by Crippen LogP contribution is -2.40. The van der Waals surface area contributed by atoms with E-state index in [0.717, 1.165) is 62.3 Å². The quantitative estimate of drug-likeness (QED) is 0.192. The van der Waals surface area contributed by atoms with Gasteiger partial charge in [0.2, 0.25) is 0 Å². The zero-order valence-corrected chi connectivity index (χ0v) is 24.9. The minimum Gasteiger partial charge on any atom is -0.497 e. The monoisotopic (exact) mass is 581 g/mol. The number of halogens is 2. The SMILES string of the molecule is COc1ccc(CN2c3ccccc3NC2CC2CCN(CCCC(c3ccc(F)cc3)c3ccc(F)cc3)CC2)cc1. The number of likely N-dealkylation sites (tertiary alicyclic amines) is 1. The van der Waals surface area contributed by atoms with Crippen molar-refractivity contribution in [1.82, 2.24) is 4.90 Å². The Bertz CT molecular complexity index is 1410. The highest BCUT2D eigenvalue weighted by Gasteiger charge is 2.32. The molecule has 1 fully saturated rings. The van der Waals surface area contributed by atoms with Crippen LogP contribution in [-0.2, 0) is 6.54 Å². The summed E-state index contributed by atoms with van der Waals surface area (Å²) in [6.07, 6.45) is 5.79. The van der Waals surface area contributed by atoms with Crippen molar-refractivity contribution >= 4 is 11.4 Å². The predicted molar refractivity (Wildman–Crippen MR) is 171 cm³/mol. The molecule has 43 heavy (non-hydrogen) atoms. The van der Waals surface area contributed by atoms with E-state index in [-0.39, 0.29) is 23.7 Å². The number of hydrogen-bond donors (Lipinski definition) is 1. The minimum atomic E-state index is -0.231. The molecule has 0 saturated carbocycles. The molecule has 1 unspecified atom stereocenters. The number of anilines is 2. The molecular formula is C37H41F2N3O. The minimum absolute atomic E-state index is 0.130. The molecule has 1 saturated heterocycles. The number of rotatable bonds is 11. The van der Waals surface area contributed by atoms with E-state index in [1.165, 1.54) is 54.0 Å². The number of methoxy groups -OCH3 is 1. The van der Waals surface area contributed by atoms with E-state index >= 15 is 0 Å². The first kappa shape index (κ1) is 29.2. The highest BCUT2D eigenvalue weighted by atomic mass is 19.1. The molecule has 0 amide bonds. The van der Waals surface area contributed by atoms with Crippen LogP contribution >= 0.6 is 0 Å². The molecule has 1 N–H and O–H groups in total. The van der Waals surface area contributed by atoms with Gasteiger partial charge in [-0.3, -0.25) is 0 Å². The molecular weight excluding hydrogens is 540 g/mol. The first-order chi connectivity index (χ1) is 21.1. The second-order valence-corrected chi connectivity index (χ2v) is 12.0. The zero-order chi connectivity index (χ0) is 29.6. The lowest BCUT2D eigenvalue weighted by Gasteiger charge is -2.35. The Morgan fingerprint density at radius 2 is 1.44 bits per heavy atom. The second-order valence-electron chi connectivity index (χ2n) is 12.0. The lowest BCUT2D eigenvalue weighted by molar-refractivity contribution is 0.172. The molecule has 2 aliphatic rings. The van der Waals surface area contributed by atoms with Crippen molar-refractivity contribution < 1.29 is 13.5 Å². The predicted octanol–water partition coefficient (Wildman–Crippen LogP) is 8.45. The number of piperidine rings is 1. The van der Waals surface area contributed by atoms with E-state index in [9.17, 15) is 8.78 Å². The fraction of sp³-hybridized carbons (Fsp3) is 0.351. The normalized spacial score (nSPS) is 17.2. The molecule has 2 heterocycles. The number of ether oxygens (including phenoxy) is 1. The van der Waals surface area contributed by atoms with Crippen molar-refractivity contribution in [1.29, 1.82) is 0 Å². The Morgan fingerprint density at radius 3 is 2.07 bits per heavy atom. The van der Waals surface area contributed by atoms with Gasteiger partial charge in [0.1, 0.15) is 17.4 Å². The molecule has 6 heteroatoms. The van der Waals surface area contributed by atoms with Crippen molar-refractivity contribution in [3.63, 3.8) is 0 Å². The molecule has 4 aromatic carbocycles. The summed E-state index contributed by atoms with van der Waals surface area (Å²) in [5.41, 5.74) is 5.93. The Kier molecular flexibility index (Phi) is 9.23. The number of hydrogen-bond acceptors (Lipinski definition) is 4. The van der Waals surface area contributed by atoms with E-state index in [4.69, 9.17) is 4.74 Å². The maximum absolute atomic E-state index is 13.6. The van der Waals surface area contributed by atoms with Crippen LogP contribution in [0, 0.1) is 17.6 Å². The summed E-state index contributed by atoms with van der Waals surface area (Å²) in [6, 6.07) is 30.6. The molecule has 1 atom stereocenters. The standard InChI is InChI=1S/C37H41F2N3O/c1-43-33-18-8-28(9-19-33)26-42-36-7-3-2-6-35(36)40-37(42)25-27-20-23-41(24-21-27)22-4-5-34(29-10-14-31(38)15-11-29)30-12-16-32(39)17-13-30/h2-3,6-19,27,34,37,40H,4-5,20-26H2,1H3. The van der Waals surface area contributed by atoms with E-state index in [2.05, 4.69) is 51.5 Å². The Balaban J connectivity index is 1.02. The third-order valence-corrected chi connectivity index (χ3v) is 9.20. The fourth-order valence-corrected chi connectivity index (χ4v) is 6.78. The highest BCUT2D eigenvalue weighted by Crippen LogP contribution is 2.39. The maximum Gasteiger partial charge on any atom is 0.123 e. The Hall–Kier alpha value is -3.90. The summed E-state index contributed by atoms with van der Waals surface area (Å²) < 4.78 is 32.6. The van der Waals surface area contributed by atoms with Gasteiger partial charge < -0.3 is 19.9 Å². The van der Waals surface area contributed by atoms with Crippen LogP contribution in [0.5, 0.6) is 5.75 Å². The average molecular weight is 582 g/mol. The topological polar surface area (TPSA) is 27.7 Å². The van der Waals surface area contributed by atoms with Crippen LogP contribution in [0.1, 0.15) is 54.7 Å². The van der Waals surface area contributed by atoms with E-state index in [0.29, 0.717) is 5.92 Å². The lowest BCUT2D eigenvalue weighted by atomic mass is 9.87. The molecule has 0 spiro atoms. The van der Waals surface area contributed by atoms with Gasteiger partial charge in [-0.25, -0.2) is 8.78 Å². The van der Waals surface area contributed by atoms with Gasteiger partial charge in [-0.2, -0.15) is 0 Å². The molecule has 0 aliphatic carbocycles. The van der Waals surface area contributed by atoms with Crippen molar-refractivity contribution in [3.05, 3.63) is 125 Å². The molecule has 2 aliphatic heterocycles. The first-order valence-corrected chi connectivity index (χ1v) is 15.5. The van der Waals surface area contributed by atoms with E-state index in [1.54, 1.807) is 7.11 Å². The van der Waals surface area contributed by atoms with Crippen LogP contribution in [0.25, 0.3) is 0 Å². The molecule has 0 aromatic heterocycles. The van der Waals surface area contributed by atoms with Crippen LogP contribution < -0.4 is 15.0 Å². The first-order valence-electron chi connectivity index (χ1n) is 15.5. The summed E-state index contributed by atoms with van der Waals surface area (Å²) in [5, 5.41) is 3.81. The van der Waals surface area contributed by atoms with Gasteiger partial charge in [0.15, 0.2) is 0 Å². The summed E-state index contributed by atoms with van der Waals surface area (Å²) in [4.78, 5) is 5.11. The van der Waals surface area contributed by atoms with Crippen molar-refractivity contribution in [2.45, 2.75) is 50.7 Å². The van der Waals surface area contributed by atoms with Crippen LogP contribution in [-0.4, -0.2) is 37.8 Å². The molecule has 0 radical (unpaired) electrons. The van der Waals surface area contributed by atoms with Crippen molar-refractivity contribution in [2.24, 2.45) is 5.92 Å². The van der Waals surface area contributed by atoms with Gasteiger partial charge in [-0.1, -0.05) is 48.5 Å². The van der Waals surface area contributed by atoms with Crippen molar-refractivity contribution in [2.75, 3.05) is 37.0 Å².